The molecule has 314 valence electrons. The molecule has 0 amide bonds. The Labute approximate surface area is 342 Å². The second kappa shape index (κ2) is 14.3. The molecular weight excluding hydrogens is 735 g/mol. The monoisotopic (exact) mass is 797 g/mol. The number of hydrogen-bond acceptors (Lipinski definition) is 11. The van der Waals surface area contributed by atoms with E-state index in [-0.39, 0.29) is 70.6 Å². The lowest BCUT2D eigenvalue weighted by Crippen LogP contribution is -2.66. The van der Waals surface area contributed by atoms with Crippen molar-refractivity contribution in [2.24, 2.45) is 61.9 Å². The minimum atomic E-state index is -1.19. The average molecular weight is 798 g/mol. The Morgan fingerprint density at radius 3 is 2.31 bits per heavy atom. The summed E-state index contributed by atoms with van der Waals surface area (Å²) >= 11 is 0. The van der Waals surface area contributed by atoms with Gasteiger partial charge < -0.3 is 25.3 Å². The molecular formula is C45H63N7O6. The number of aliphatic hydroxyl groups excluding tert-OH is 1. The number of aliphatic hydroxyl groups is 1. The molecule has 0 aliphatic heterocycles. The third-order valence-corrected chi connectivity index (χ3v) is 16.7. The zero-order valence-corrected chi connectivity index (χ0v) is 35.9. The molecule has 4 fully saturated rings. The molecule has 0 saturated heterocycles. The second-order valence-electron chi connectivity index (χ2n) is 20.7. The molecule has 7 rings (SSSR count). The van der Waals surface area contributed by atoms with Gasteiger partial charge >= 0.3 is 11.9 Å². The van der Waals surface area contributed by atoms with Crippen LogP contribution < -0.4 is 5.73 Å². The van der Waals surface area contributed by atoms with Crippen molar-refractivity contribution < 1.29 is 29.3 Å². The Balaban J connectivity index is 1.22. The summed E-state index contributed by atoms with van der Waals surface area (Å²) < 4.78 is 7.96. The van der Waals surface area contributed by atoms with Crippen molar-refractivity contribution in [2.45, 2.75) is 145 Å². The summed E-state index contributed by atoms with van der Waals surface area (Å²) in [5, 5.41) is 40.7. The van der Waals surface area contributed by atoms with Crippen LogP contribution in [0.1, 0.15) is 144 Å². The number of ether oxygens (including phenoxy) is 1. The number of carbonyl (C=O) groups is 3. The highest BCUT2D eigenvalue weighted by Crippen LogP contribution is 2.77. The van der Waals surface area contributed by atoms with E-state index >= 15 is 0 Å². The first-order valence-corrected chi connectivity index (χ1v) is 21.4. The molecule has 2 aromatic heterocycles. The maximum absolute atomic E-state index is 14.3. The van der Waals surface area contributed by atoms with E-state index in [9.17, 15) is 29.9 Å². The molecule has 2 heterocycles. The smallest absolute Gasteiger partial charge is 0.309 e. The van der Waals surface area contributed by atoms with Crippen molar-refractivity contribution >= 4 is 17.7 Å². The number of nitrogens with two attached hydrogens (primary N) is 1. The van der Waals surface area contributed by atoms with E-state index in [1.165, 1.54) is 12.4 Å². The largest absolute Gasteiger partial charge is 0.481 e. The van der Waals surface area contributed by atoms with Gasteiger partial charge in [0.2, 0.25) is 5.82 Å². The number of aliphatic carboxylic acids is 1. The number of carboxylic acids is 1. The van der Waals surface area contributed by atoms with Crippen LogP contribution >= 0.6 is 0 Å². The summed E-state index contributed by atoms with van der Waals surface area (Å²) in [5.41, 5.74) is 5.89. The molecule has 13 nitrogen and oxygen atoms in total. The summed E-state index contributed by atoms with van der Waals surface area (Å²) in [6, 6.07) is 2.04. The molecule has 4 saturated carbocycles. The SMILES string of the molecule is CC(C)C1=C2[C@H]3CC[C@@H]4[C@@]5(C)CC[C@H](OC(=O)CC(C)(C)C(=O)O)C(C)(C)[C@@H]5CC[C@@]4(C)[C@]3(C)CC[C@@]2([C@@H](O)c2nnc(-c3ncc(C#N)cn3)n2CCN)CC1=O. The fourth-order valence-electron chi connectivity index (χ4n) is 13.6. The first-order valence-electron chi connectivity index (χ1n) is 21.4. The second-order valence-corrected chi connectivity index (χ2v) is 20.7. The third-order valence-electron chi connectivity index (χ3n) is 16.7. The van der Waals surface area contributed by atoms with Crippen molar-refractivity contribution in [1.82, 2.24) is 24.7 Å². The molecule has 58 heavy (non-hydrogen) atoms. The first-order chi connectivity index (χ1) is 27.1. The lowest BCUT2D eigenvalue weighted by molar-refractivity contribution is -0.235. The van der Waals surface area contributed by atoms with Gasteiger partial charge in [0.05, 0.1) is 17.4 Å². The van der Waals surface area contributed by atoms with Crippen LogP contribution in [-0.4, -0.2) is 65.3 Å². The van der Waals surface area contributed by atoms with Crippen LogP contribution in [0.15, 0.2) is 23.5 Å². The van der Waals surface area contributed by atoms with Gasteiger partial charge in [-0.1, -0.05) is 48.5 Å². The van der Waals surface area contributed by atoms with Gasteiger partial charge in [0.25, 0.3) is 0 Å². The van der Waals surface area contributed by atoms with Crippen LogP contribution in [0, 0.1) is 67.5 Å². The lowest BCUT2D eigenvalue weighted by atomic mass is 9.33. The molecule has 0 radical (unpaired) electrons. The Hall–Kier alpha value is -4.02. The van der Waals surface area contributed by atoms with Crippen molar-refractivity contribution in [3.63, 3.8) is 0 Å². The fraction of sp³-hybridized carbons (Fsp3) is 0.733. The van der Waals surface area contributed by atoms with E-state index < -0.39 is 28.9 Å². The number of rotatable bonds is 10. The molecule has 0 aromatic carbocycles. The number of nitriles is 1. The number of allylic oxidation sites excluding steroid dienone is 1. The zero-order valence-electron chi connectivity index (χ0n) is 35.9. The van der Waals surface area contributed by atoms with Gasteiger partial charge in [0.1, 0.15) is 18.3 Å². The Morgan fingerprint density at radius 2 is 1.69 bits per heavy atom. The van der Waals surface area contributed by atoms with Crippen molar-refractivity contribution in [3.8, 4) is 17.7 Å². The topological polar surface area (TPSA) is 207 Å². The number of fused-ring (bicyclic) bond motifs is 7. The highest BCUT2D eigenvalue weighted by Gasteiger charge is 2.71. The quantitative estimate of drug-likeness (QED) is 0.208. The summed E-state index contributed by atoms with van der Waals surface area (Å²) in [7, 11) is 0. The van der Waals surface area contributed by atoms with Gasteiger partial charge in [0.15, 0.2) is 17.4 Å². The van der Waals surface area contributed by atoms with Crippen LogP contribution in [0.2, 0.25) is 0 Å². The van der Waals surface area contributed by atoms with Crippen molar-refractivity contribution in [3.05, 3.63) is 34.9 Å². The minimum absolute atomic E-state index is 0.00885. The van der Waals surface area contributed by atoms with Gasteiger partial charge in [-0.3, -0.25) is 14.4 Å². The minimum Gasteiger partial charge on any atom is -0.481 e. The van der Waals surface area contributed by atoms with Gasteiger partial charge in [-0.2, -0.15) is 5.26 Å². The van der Waals surface area contributed by atoms with Crippen molar-refractivity contribution in [1.29, 1.82) is 5.26 Å². The molecule has 4 N–H and O–H groups in total. The number of Topliss-reactive ketones (excluding diaryl/α,β-unsaturated/α-hetero) is 1. The first kappa shape index (κ1) is 42.1. The predicted molar refractivity (Wildman–Crippen MR) is 215 cm³/mol. The lowest BCUT2D eigenvalue weighted by Gasteiger charge is -2.72. The molecule has 2 aromatic rings. The van der Waals surface area contributed by atoms with Crippen molar-refractivity contribution in [2.75, 3.05) is 6.54 Å². The number of ketones is 1. The predicted octanol–water partition coefficient (Wildman–Crippen LogP) is 6.99. The summed E-state index contributed by atoms with van der Waals surface area (Å²) in [6.45, 7) is 19.8. The summed E-state index contributed by atoms with van der Waals surface area (Å²) in [5.74, 6) is 0.433. The molecule has 9 atom stereocenters. The Bertz CT molecular complexity index is 2070. The Kier molecular flexibility index (Phi) is 10.4. The van der Waals surface area contributed by atoms with E-state index in [0.29, 0.717) is 42.0 Å². The normalized spacial score (nSPS) is 34.7. The number of hydrogen-bond donors (Lipinski definition) is 3. The zero-order chi connectivity index (χ0) is 42.4. The number of carbonyl (C=O) groups excluding carboxylic acids is 2. The van der Waals surface area contributed by atoms with Crippen LogP contribution in [0.5, 0.6) is 0 Å². The van der Waals surface area contributed by atoms with Gasteiger partial charge in [-0.25, -0.2) is 9.97 Å². The molecule has 0 unspecified atom stereocenters. The van der Waals surface area contributed by atoms with Crippen LogP contribution in [0.4, 0.5) is 0 Å². The molecule has 13 heteroatoms. The number of nitrogens with zero attached hydrogens (tertiary/aromatic N) is 6. The number of esters is 1. The van der Waals surface area contributed by atoms with Crippen LogP contribution in [0.3, 0.4) is 0 Å². The molecule has 0 bridgehead atoms. The van der Waals surface area contributed by atoms with Gasteiger partial charge in [-0.15, -0.1) is 10.2 Å². The maximum atomic E-state index is 14.3. The molecule has 5 aliphatic rings. The highest BCUT2D eigenvalue weighted by atomic mass is 16.5. The van der Waals surface area contributed by atoms with E-state index in [0.717, 1.165) is 56.1 Å². The number of carboxylic acid groups (broad SMARTS) is 1. The van der Waals surface area contributed by atoms with Gasteiger partial charge in [-0.05, 0) is 116 Å². The van der Waals surface area contributed by atoms with E-state index in [1.807, 2.05) is 6.07 Å². The van der Waals surface area contributed by atoms with E-state index in [1.54, 1.807) is 18.4 Å². The van der Waals surface area contributed by atoms with Crippen LogP contribution in [0.25, 0.3) is 11.6 Å². The number of aromatic nitrogens is 5. The third kappa shape index (κ3) is 6.09. The molecule has 0 spiro atoms. The average Bonchev–Trinajstić information content (AvgIpc) is 3.71. The fourth-order valence-corrected chi connectivity index (χ4v) is 13.6. The summed E-state index contributed by atoms with van der Waals surface area (Å²) in [4.78, 5) is 48.0. The Morgan fingerprint density at radius 1 is 1.00 bits per heavy atom. The van der Waals surface area contributed by atoms with E-state index in [4.69, 9.17) is 10.5 Å². The van der Waals surface area contributed by atoms with Gasteiger partial charge in [0, 0.05) is 42.7 Å². The van der Waals surface area contributed by atoms with Crippen LogP contribution in [-0.2, 0) is 25.7 Å². The van der Waals surface area contributed by atoms with E-state index in [2.05, 4.69) is 68.6 Å². The standard InChI is InChI=1S/C45H63N7O6/c1-25(2)33-28(53)20-45(35(55)37-50-51-38(52(37)19-18-46)36-48-23-26(22-47)24-49-36)17-16-43(8)27(34(33)45)10-11-30-42(7)14-13-31(58-32(54)21-40(3,4)39(56)57)41(5,6)29(42)12-15-44(30,43)9/h23-25,27,29-31,35,55H,10-21,46H2,1-9H3,(H,56,57)/t27-,29+,30-,31+,35+,42+,43-,44-,45-/m1/s1. The maximum Gasteiger partial charge on any atom is 0.309 e. The highest BCUT2D eigenvalue weighted by molar-refractivity contribution is 6.00. The molecule has 5 aliphatic carbocycles. The summed E-state index contributed by atoms with van der Waals surface area (Å²) in [6.07, 6.45) is 8.57.